The number of thiophene rings is 1. The van der Waals surface area contributed by atoms with Crippen LogP contribution < -0.4 is 4.74 Å². The highest BCUT2D eigenvalue weighted by molar-refractivity contribution is 9.10. The second-order valence-electron chi connectivity index (χ2n) is 4.45. The van der Waals surface area contributed by atoms with E-state index in [1.54, 1.807) is 23.5 Å². The molecule has 3 nitrogen and oxygen atoms in total. The molecule has 3 rings (SSSR count). The van der Waals surface area contributed by atoms with E-state index in [-0.39, 0.29) is 5.56 Å². The standard InChI is InChI=1S/C16H11BrO3S/c17-13-7-8-21-14(13)9-20-15-11-4-2-1-3-10(11)5-6-12(15)16(18)19/h1-8H,9H2,(H,18,19). The van der Waals surface area contributed by atoms with Crippen molar-refractivity contribution in [3.05, 3.63) is 62.8 Å². The Kier molecular flexibility index (Phi) is 3.94. The average molecular weight is 363 g/mol. The first-order valence-electron chi connectivity index (χ1n) is 6.26. The van der Waals surface area contributed by atoms with E-state index in [9.17, 15) is 9.90 Å². The van der Waals surface area contributed by atoms with Gasteiger partial charge in [-0.3, -0.25) is 0 Å². The monoisotopic (exact) mass is 362 g/mol. The summed E-state index contributed by atoms with van der Waals surface area (Å²) < 4.78 is 6.81. The van der Waals surface area contributed by atoms with Crippen molar-refractivity contribution in [1.82, 2.24) is 0 Å². The van der Waals surface area contributed by atoms with Crippen molar-refractivity contribution < 1.29 is 14.6 Å². The van der Waals surface area contributed by atoms with Crippen LogP contribution in [0.5, 0.6) is 5.75 Å². The van der Waals surface area contributed by atoms with Crippen molar-refractivity contribution in [1.29, 1.82) is 0 Å². The lowest BCUT2D eigenvalue weighted by atomic mass is 10.1. The molecule has 0 aliphatic heterocycles. The van der Waals surface area contributed by atoms with Crippen LogP contribution in [0.25, 0.3) is 10.8 Å². The molecule has 1 N–H and O–H groups in total. The lowest BCUT2D eigenvalue weighted by Crippen LogP contribution is -2.03. The summed E-state index contributed by atoms with van der Waals surface area (Å²) in [7, 11) is 0. The normalized spacial score (nSPS) is 10.7. The Morgan fingerprint density at radius 3 is 2.71 bits per heavy atom. The van der Waals surface area contributed by atoms with Crippen LogP contribution in [0.1, 0.15) is 15.2 Å². The molecule has 3 aromatic rings. The van der Waals surface area contributed by atoms with Gasteiger partial charge in [0.2, 0.25) is 0 Å². The lowest BCUT2D eigenvalue weighted by molar-refractivity contribution is 0.0692. The van der Waals surface area contributed by atoms with Crippen molar-refractivity contribution >= 4 is 44.0 Å². The summed E-state index contributed by atoms with van der Waals surface area (Å²) in [6, 6.07) is 12.9. The number of fused-ring (bicyclic) bond motifs is 1. The second-order valence-corrected chi connectivity index (χ2v) is 6.30. The molecule has 0 spiro atoms. The van der Waals surface area contributed by atoms with Gasteiger partial charge < -0.3 is 9.84 Å². The zero-order valence-corrected chi connectivity index (χ0v) is 13.3. The summed E-state index contributed by atoms with van der Waals surface area (Å²) in [5.74, 6) is -0.568. The molecule has 0 bridgehead atoms. The van der Waals surface area contributed by atoms with E-state index in [0.29, 0.717) is 12.4 Å². The van der Waals surface area contributed by atoms with Gasteiger partial charge in [0.15, 0.2) is 0 Å². The van der Waals surface area contributed by atoms with E-state index in [0.717, 1.165) is 20.1 Å². The number of carboxylic acids is 1. The summed E-state index contributed by atoms with van der Waals surface area (Å²) in [5, 5.41) is 13.1. The fourth-order valence-electron chi connectivity index (χ4n) is 2.13. The van der Waals surface area contributed by atoms with Crippen LogP contribution in [0.4, 0.5) is 0 Å². The maximum atomic E-state index is 11.4. The summed E-state index contributed by atoms with van der Waals surface area (Å²) >= 11 is 5.02. The first kappa shape index (κ1) is 14.1. The highest BCUT2D eigenvalue weighted by Crippen LogP contribution is 2.32. The molecule has 2 aromatic carbocycles. The number of carboxylic acid groups (broad SMARTS) is 1. The number of halogens is 1. The predicted molar refractivity (Wildman–Crippen MR) is 87.3 cm³/mol. The highest BCUT2D eigenvalue weighted by Gasteiger charge is 2.15. The van der Waals surface area contributed by atoms with Crippen LogP contribution in [0.15, 0.2) is 52.3 Å². The molecule has 5 heteroatoms. The van der Waals surface area contributed by atoms with Gasteiger partial charge in [0, 0.05) is 9.86 Å². The number of rotatable bonds is 4. The van der Waals surface area contributed by atoms with E-state index in [1.807, 2.05) is 35.7 Å². The van der Waals surface area contributed by atoms with Crippen LogP contribution in [0.3, 0.4) is 0 Å². The van der Waals surface area contributed by atoms with Crippen LogP contribution in [-0.4, -0.2) is 11.1 Å². The third-order valence-corrected chi connectivity index (χ3v) is 5.05. The van der Waals surface area contributed by atoms with Gasteiger partial charge in [0.25, 0.3) is 0 Å². The summed E-state index contributed by atoms with van der Waals surface area (Å²) in [6.07, 6.45) is 0. The van der Waals surface area contributed by atoms with Crippen LogP contribution >= 0.6 is 27.3 Å². The summed E-state index contributed by atoms with van der Waals surface area (Å²) in [4.78, 5) is 12.4. The smallest absolute Gasteiger partial charge is 0.339 e. The predicted octanol–water partition coefficient (Wildman–Crippen LogP) is 4.94. The Hall–Kier alpha value is -1.85. The van der Waals surface area contributed by atoms with Crippen molar-refractivity contribution in [3.8, 4) is 5.75 Å². The molecule has 1 heterocycles. The molecule has 0 amide bonds. The molecule has 0 saturated carbocycles. The zero-order chi connectivity index (χ0) is 14.8. The van der Waals surface area contributed by atoms with E-state index in [1.165, 1.54) is 0 Å². The molecule has 0 saturated heterocycles. The molecule has 0 unspecified atom stereocenters. The fraction of sp³-hybridized carbons (Fsp3) is 0.0625. The van der Waals surface area contributed by atoms with Crippen LogP contribution in [0.2, 0.25) is 0 Å². The van der Waals surface area contributed by atoms with E-state index < -0.39 is 5.97 Å². The molecule has 0 aliphatic carbocycles. The molecule has 0 radical (unpaired) electrons. The van der Waals surface area contributed by atoms with Crippen molar-refractivity contribution in [2.75, 3.05) is 0 Å². The van der Waals surface area contributed by atoms with Gasteiger partial charge in [0.05, 0.1) is 4.88 Å². The summed E-state index contributed by atoms with van der Waals surface area (Å²) in [5.41, 5.74) is 0.182. The van der Waals surface area contributed by atoms with Gasteiger partial charge in [-0.25, -0.2) is 4.79 Å². The second kappa shape index (κ2) is 5.87. The number of benzene rings is 2. The Morgan fingerprint density at radius 2 is 2.00 bits per heavy atom. The molecule has 0 atom stereocenters. The Balaban J connectivity index is 2.04. The van der Waals surface area contributed by atoms with Crippen LogP contribution in [0, 0.1) is 0 Å². The first-order valence-corrected chi connectivity index (χ1v) is 7.94. The quantitative estimate of drug-likeness (QED) is 0.714. The third-order valence-electron chi connectivity index (χ3n) is 3.15. The minimum Gasteiger partial charge on any atom is -0.486 e. The third kappa shape index (κ3) is 2.80. The summed E-state index contributed by atoms with van der Waals surface area (Å²) in [6.45, 7) is 0.340. The zero-order valence-electron chi connectivity index (χ0n) is 10.9. The average Bonchev–Trinajstić information content (AvgIpc) is 2.89. The number of aromatic carboxylic acids is 1. The SMILES string of the molecule is O=C(O)c1ccc2ccccc2c1OCc1sccc1Br. The number of ether oxygens (including phenoxy) is 1. The van der Waals surface area contributed by atoms with Gasteiger partial charge in [-0.15, -0.1) is 11.3 Å². The Labute approximate surface area is 133 Å². The van der Waals surface area contributed by atoms with Crippen molar-refractivity contribution in [2.24, 2.45) is 0 Å². The first-order chi connectivity index (χ1) is 10.2. The molecule has 0 fully saturated rings. The topological polar surface area (TPSA) is 46.5 Å². The van der Waals surface area contributed by atoms with E-state index >= 15 is 0 Å². The van der Waals surface area contributed by atoms with Gasteiger partial charge in [-0.1, -0.05) is 30.3 Å². The van der Waals surface area contributed by atoms with Crippen molar-refractivity contribution in [3.63, 3.8) is 0 Å². The largest absolute Gasteiger partial charge is 0.486 e. The minimum atomic E-state index is -0.985. The molecular weight excluding hydrogens is 352 g/mol. The van der Waals surface area contributed by atoms with E-state index in [2.05, 4.69) is 15.9 Å². The number of carbonyl (C=O) groups is 1. The van der Waals surface area contributed by atoms with Gasteiger partial charge in [0.1, 0.15) is 17.9 Å². The molecular formula is C16H11BrO3S. The van der Waals surface area contributed by atoms with E-state index in [4.69, 9.17) is 4.74 Å². The number of hydrogen-bond donors (Lipinski definition) is 1. The Bertz CT molecular complexity index is 810. The van der Waals surface area contributed by atoms with Crippen LogP contribution in [-0.2, 0) is 6.61 Å². The fourth-order valence-corrected chi connectivity index (χ4v) is 3.51. The molecule has 0 aliphatic rings. The lowest BCUT2D eigenvalue weighted by Gasteiger charge is -2.12. The number of hydrogen-bond acceptors (Lipinski definition) is 3. The molecule has 21 heavy (non-hydrogen) atoms. The molecule has 106 valence electrons. The van der Waals surface area contributed by atoms with Gasteiger partial charge in [-0.05, 0) is 38.8 Å². The van der Waals surface area contributed by atoms with Gasteiger partial charge >= 0.3 is 5.97 Å². The maximum absolute atomic E-state index is 11.4. The van der Waals surface area contributed by atoms with Crippen molar-refractivity contribution in [2.45, 2.75) is 6.61 Å². The van der Waals surface area contributed by atoms with Gasteiger partial charge in [-0.2, -0.15) is 0 Å². The Morgan fingerprint density at radius 1 is 1.19 bits per heavy atom. The maximum Gasteiger partial charge on any atom is 0.339 e. The highest BCUT2D eigenvalue weighted by atomic mass is 79.9. The molecule has 1 aromatic heterocycles. The minimum absolute atomic E-state index is 0.182.